The van der Waals surface area contributed by atoms with Crippen molar-refractivity contribution in [2.75, 3.05) is 0 Å². The van der Waals surface area contributed by atoms with Crippen LogP contribution >= 0.6 is 23.2 Å². The van der Waals surface area contributed by atoms with Crippen molar-refractivity contribution in [1.82, 2.24) is 0 Å². The molecule has 1 atom stereocenters. The van der Waals surface area contributed by atoms with Crippen molar-refractivity contribution in [2.24, 2.45) is 0 Å². The van der Waals surface area contributed by atoms with E-state index < -0.39 is 0 Å². The summed E-state index contributed by atoms with van der Waals surface area (Å²) < 4.78 is 0. The van der Waals surface area contributed by atoms with Gasteiger partial charge in [0, 0.05) is 5.02 Å². The molecule has 0 spiro atoms. The highest BCUT2D eigenvalue weighted by atomic mass is 35.5. The van der Waals surface area contributed by atoms with Gasteiger partial charge in [-0.15, -0.1) is 0 Å². The molecule has 0 radical (unpaired) electrons. The Balaban J connectivity index is 2.23. The van der Waals surface area contributed by atoms with Crippen LogP contribution in [0.2, 0.25) is 5.02 Å². The van der Waals surface area contributed by atoms with E-state index in [1.165, 1.54) is 0 Å². The zero-order chi connectivity index (χ0) is 13.8. The van der Waals surface area contributed by atoms with Crippen LogP contribution in [0.3, 0.4) is 0 Å². The summed E-state index contributed by atoms with van der Waals surface area (Å²) >= 11 is 11.6. The van der Waals surface area contributed by atoms with E-state index in [0.717, 1.165) is 16.7 Å². The SMILES string of the molecule is Cc1ccc(C(Cc2ccc(Cl)cc2)C(=O)Cl)cc1. The monoisotopic (exact) mass is 292 g/mol. The smallest absolute Gasteiger partial charge is 0.229 e. The molecule has 0 heterocycles. The van der Waals surface area contributed by atoms with Gasteiger partial charge >= 0.3 is 0 Å². The van der Waals surface area contributed by atoms with Crippen molar-refractivity contribution in [2.45, 2.75) is 19.3 Å². The second kappa shape index (κ2) is 6.23. The first-order valence-corrected chi connectivity index (χ1v) is 6.82. The van der Waals surface area contributed by atoms with Gasteiger partial charge in [-0.2, -0.15) is 0 Å². The predicted octanol–water partition coefficient (Wildman–Crippen LogP) is 4.74. The van der Waals surface area contributed by atoms with Crippen molar-refractivity contribution in [3.8, 4) is 0 Å². The highest BCUT2D eigenvalue weighted by Crippen LogP contribution is 2.24. The van der Waals surface area contributed by atoms with Gasteiger partial charge in [0.2, 0.25) is 5.24 Å². The lowest BCUT2D eigenvalue weighted by atomic mass is 9.92. The highest BCUT2D eigenvalue weighted by molar-refractivity contribution is 6.64. The largest absolute Gasteiger partial charge is 0.281 e. The molecule has 0 aliphatic rings. The van der Waals surface area contributed by atoms with Gasteiger partial charge in [0.1, 0.15) is 0 Å². The van der Waals surface area contributed by atoms with Gasteiger partial charge in [0.05, 0.1) is 5.92 Å². The molecule has 2 aromatic carbocycles. The molecule has 0 saturated carbocycles. The van der Waals surface area contributed by atoms with Gasteiger partial charge < -0.3 is 0 Å². The van der Waals surface area contributed by atoms with Crippen LogP contribution in [0.5, 0.6) is 0 Å². The molecule has 0 fully saturated rings. The van der Waals surface area contributed by atoms with Crippen LogP contribution < -0.4 is 0 Å². The van der Waals surface area contributed by atoms with E-state index in [1.54, 1.807) is 0 Å². The number of hydrogen-bond acceptors (Lipinski definition) is 1. The number of halogens is 2. The van der Waals surface area contributed by atoms with E-state index in [0.29, 0.717) is 11.4 Å². The van der Waals surface area contributed by atoms with E-state index in [-0.39, 0.29) is 11.2 Å². The molecule has 0 N–H and O–H groups in total. The maximum atomic E-state index is 11.6. The molecule has 19 heavy (non-hydrogen) atoms. The van der Waals surface area contributed by atoms with Gasteiger partial charge in [-0.25, -0.2) is 0 Å². The fourth-order valence-corrected chi connectivity index (χ4v) is 2.31. The molecule has 2 aromatic rings. The molecule has 1 unspecified atom stereocenters. The second-order valence-corrected chi connectivity index (χ2v) is 5.41. The van der Waals surface area contributed by atoms with Crippen molar-refractivity contribution in [3.63, 3.8) is 0 Å². The summed E-state index contributed by atoms with van der Waals surface area (Å²) in [7, 11) is 0. The molecule has 3 heteroatoms. The summed E-state index contributed by atoms with van der Waals surface area (Å²) in [4.78, 5) is 11.6. The third-order valence-electron chi connectivity index (χ3n) is 3.11. The van der Waals surface area contributed by atoms with Crippen LogP contribution in [0, 0.1) is 6.92 Å². The average Bonchev–Trinajstić information content (AvgIpc) is 2.39. The Bertz CT molecular complexity index is 558. The van der Waals surface area contributed by atoms with E-state index in [9.17, 15) is 4.79 Å². The number of carbonyl (C=O) groups is 1. The third kappa shape index (κ3) is 3.82. The Kier molecular flexibility index (Phi) is 4.62. The van der Waals surface area contributed by atoms with Gasteiger partial charge in [0.15, 0.2) is 0 Å². The maximum absolute atomic E-state index is 11.6. The molecule has 0 amide bonds. The fraction of sp³-hybridized carbons (Fsp3) is 0.188. The number of rotatable bonds is 4. The number of carbonyl (C=O) groups excluding carboxylic acids is 1. The van der Waals surface area contributed by atoms with Crippen LogP contribution in [-0.4, -0.2) is 5.24 Å². The highest BCUT2D eigenvalue weighted by Gasteiger charge is 2.19. The molecular weight excluding hydrogens is 279 g/mol. The lowest BCUT2D eigenvalue weighted by molar-refractivity contribution is -0.113. The molecule has 1 nitrogen and oxygen atoms in total. The molecule has 0 aromatic heterocycles. The van der Waals surface area contributed by atoms with Crippen molar-refractivity contribution < 1.29 is 4.79 Å². The lowest BCUT2D eigenvalue weighted by Crippen LogP contribution is -2.10. The van der Waals surface area contributed by atoms with Crippen molar-refractivity contribution >= 4 is 28.4 Å². The topological polar surface area (TPSA) is 17.1 Å². The van der Waals surface area contributed by atoms with Crippen molar-refractivity contribution in [1.29, 1.82) is 0 Å². The first kappa shape index (κ1) is 14.1. The third-order valence-corrected chi connectivity index (χ3v) is 3.62. The van der Waals surface area contributed by atoms with Crippen LogP contribution in [0.25, 0.3) is 0 Å². The minimum absolute atomic E-state index is 0.316. The lowest BCUT2D eigenvalue weighted by Gasteiger charge is -2.13. The van der Waals surface area contributed by atoms with E-state index >= 15 is 0 Å². The first-order chi connectivity index (χ1) is 9.06. The standard InChI is InChI=1S/C16H14Cl2O/c1-11-2-6-13(7-3-11)15(16(18)19)10-12-4-8-14(17)9-5-12/h2-9,15H,10H2,1H3. The summed E-state index contributed by atoms with van der Waals surface area (Å²) in [6.07, 6.45) is 0.586. The van der Waals surface area contributed by atoms with Gasteiger partial charge in [-0.05, 0) is 48.2 Å². The number of benzene rings is 2. The zero-order valence-electron chi connectivity index (χ0n) is 10.6. The predicted molar refractivity (Wildman–Crippen MR) is 79.9 cm³/mol. The Morgan fingerprint density at radius 3 is 2.16 bits per heavy atom. The summed E-state index contributed by atoms with van der Waals surface area (Å²) in [6, 6.07) is 15.4. The average molecular weight is 293 g/mol. The summed E-state index contributed by atoms with van der Waals surface area (Å²) in [5.41, 5.74) is 3.15. The molecule has 2 rings (SSSR count). The van der Waals surface area contributed by atoms with E-state index in [2.05, 4.69) is 0 Å². The van der Waals surface area contributed by atoms with Gasteiger partial charge in [-0.1, -0.05) is 53.6 Å². The number of hydrogen-bond donors (Lipinski definition) is 0. The number of aryl methyl sites for hydroxylation is 1. The molecule has 0 bridgehead atoms. The Labute approximate surface area is 123 Å². The van der Waals surface area contributed by atoms with Crippen molar-refractivity contribution in [3.05, 3.63) is 70.2 Å². The molecule has 98 valence electrons. The van der Waals surface area contributed by atoms with Crippen LogP contribution in [0.1, 0.15) is 22.6 Å². The van der Waals surface area contributed by atoms with Gasteiger partial charge in [0.25, 0.3) is 0 Å². The van der Waals surface area contributed by atoms with Crippen LogP contribution in [0.4, 0.5) is 0 Å². The summed E-state index contributed by atoms with van der Waals surface area (Å²) in [6.45, 7) is 2.01. The normalized spacial score (nSPS) is 12.2. The zero-order valence-corrected chi connectivity index (χ0v) is 12.1. The molecule has 0 aliphatic heterocycles. The minimum atomic E-state index is -0.334. The Morgan fingerprint density at radius 1 is 1.05 bits per heavy atom. The molecule has 0 aliphatic carbocycles. The maximum Gasteiger partial charge on any atom is 0.229 e. The summed E-state index contributed by atoms with van der Waals surface area (Å²) in [5.74, 6) is -0.316. The molecular formula is C16H14Cl2O. The Morgan fingerprint density at radius 2 is 1.63 bits per heavy atom. The van der Waals surface area contributed by atoms with Gasteiger partial charge in [-0.3, -0.25) is 4.79 Å². The van der Waals surface area contributed by atoms with Crippen LogP contribution in [-0.2, 0) is 11.2 Å². The second-order valence-electron chi connectivity index (χ2n) is 4.60. The summed E-state index contributed by atoms with van der Waals surface area (Å²) in [5, 5.41) is 0.353. The van der Waals surface area contributed by atoms with E-state index in [4.69, 9.17) is 23.2 Å². The Hall–Kier alpha value is -1.31. The fourth-order valence-electron chi connectivity index (χ4n) is 1.98. The first-order valence-electron chi connectivity index (χ1n) is 6.06. The van der Waals surface area contributed by atoms with E-state index in [1.807, 2.05) is 55.5 Å². The molecule has 0 saturated heterocycles. The quantitative estimate of drug-likeness (QED) is 0.744. The minimum Gasteiger partial charge on any atom is -0.281 e. The van der Waals surface area contributed by atoms with Crippen LogP contribution in [0.15, 0.2) is 48.5 Å².